The maximum atomic E-state index is 13.0. The first-order chi connectivity index (χ1) is 10.4. The van der Waals surface area contributed by atoms with Crippen LogP contribution >= 0.6 is 15.9 Å². The van der Waals surface area contributed by atoms with Gasteiger partial charge in [0.2, 0.25) is 5.91 Å². The molecule has 0 aliphatic rings. The fourth-order valence-electron chi connectivity index (χ4n) is 1.84. The van der Waals surface area contributed by atoms with Crippen molar-refractivity contribution in [1.29, 1.82) is 0 Å². The molecule has 1 unspecified atom stereocenters. The van der Waals surface area contributed by atoms with Gasteiger partial charge in [0.1, 0.15) is 11.6 Å². The molecule has 6 heteroatoms. The van der Waals surface area contributed by atoms with Crippen LogP contribution in [0.4, 0.5) is 10.1 Å². The molecule has 22 heavy (non-hydrogen) atoms. The molecule has 1 amide bonds. The predicted molar refractivity (Wildman–Crippen MR) is 90.6 cm³/mol. The fraction of sp³-hybridized carbons (Fsp3) is 0.188. The molecule has 1 N–H and O–H groups in total. The first-order valence-corrected chi connectivity index (χ1v) is 8.87. The quantitative estimate of drug-likeness (QED) is 0.853. The summed E-state index contributed by atoms with van der Waals surface area (Å²) in [5, 5.41) is 2.71. The molecule has 0 bridgehead atoms. The number of hydrogen-bond donors (Lipinski definition) is 1. The summed E-state index contributed by atoms with van der Waals surface area (Å²) in [6.45, 7) is 1.96. The van der Waals surface area contributed by atoms with E-state index in [1.54, 1.807) is 18.2 Å². The van der Waals surface area contributed by atoms with Gasteiger partial charge < -0.3 is 5.32 Å². The van der Waals surface area contributed by atoms with E-state index in [4.69, 9.17) is 0 Å². The SMILES string of the molecule is Cc1ccc(NC(=O)CS(=O)Cc2ccc(F)cc2Br)cc1. The monoisotopic (exact) mass is 383 g/mol. The first-order valence-electron chi connectivity index (χ1n) is 6.59. The Balaban J connectivity index is 1.91. The average Bonchev–Trinajstić information content (AvgIpc) is 2.44. The van der Waals surface area contributed by atoms with E-state index in [0.29, 0.717) is 15.7 Å². The standard InChI is InChI=1S/C16H15BrFNO2S/c1-11-2-6-14(7-3-11)19-16(20)10-22(21)9-12-4-5-13(18)8-15(12)17/h2-8H,9-10H2,1H3,(H,19,20). The normalized spacial score (nSPS) is 12.0. The predicted octanol–water partition coefficient (Wildman–Crippen LogP) is 3.78. The molecule has 0 radical (unpaired) electrons. The molecule has 0 aliphatic carbocycles. The molecule has 2 aromatic rings. The summed E-state index contributed by atoms with van der Waals surface area (Å²) in [7, 11) is -1.36. The zero-order chi connectivity index (χ0) is 16.1. The maximum Gasteiger partial charge on any atom is 0.237 e. The molecule has 0 aliphatic heterocycles. The van der Waals surface area contributed by atoms with Gasteiger partial charge in [0.25, 0.3) is 0 Å². The van der Waals surface area contributed by atoms with Crippen molar-refractivity contribution in [3.63, 3.8) is 0 Å². The highest BCUT2D eigenvalue weighted by Crippen LogP contribution is 2.19. The van der Waals surface area contributed by atoms with Crippen LogP contribution in [0.3, 0.4) is 0 Å². The second-order valence-electron chi connectivity index (χ2n) is 4.88. The van der Waals surface area contributed by atoms with Gasteiger partial charge in [0.15, 0.2) is 0 Å². The summed E-state index contributed by atoms with van der Waals surface area (Å²) in [4.78, 5) is 11.9. The lowest BCUT2D eigenvalue weighted by Gasteiger charge is -2.07. The molecule has 0 heterocycles. The summed E-state index contributed by atoms with van der Waals surface area (Å²) in [6.07, 6.45) is 0. The molecule has 3 nitrogen and oxygen atoms in total. The molecule has 116 valence electrons. The van der Waals surface area contributed by atoms with Crippen LogP contribution in [0.25, 0.3) is 0 Å². The number of carbonyl (C=O) groups is 1. The fourth-order valence-corrected chi connectivity index (χ4v) is 3.59. The smallest absolute Gasteiger partial charge is 0.237 e. The van der Waals surface area contributed by atoms with E-state index < -0.39 is 10.8 Å². The molecule has 0 aromatic heterocycles. The van der Waals surface area contributed by atoms with Gasteiger partial charge in [0.05, 0.1) is 5.75 Å². The lowest BCUT2D eigenvalue weighted by molar-refractivity contribution is -0.113. The minimum Gasteiger partial charge on any atom is -0.325 e. The zero-order valence-electron chi connectivity index (χ0n) is 11.9. The lowest BCUT2D eigenvalue weighted by Crippen LogP contribution is -2.20. The Morgan fingerprint density at radius 1 is 1.23 bits per heavy atom. The molecule has 0 saturated heterocycles. The Morgan fingerprint density at radius 3 is 2.55 bits per heavy atom. The van der Waals surface area contributed by atoms with Gasteiger partial charge in [-0.3, -0.25) is 9.00 Å². The van der Waals surface area contributed by atoms with Crippen LogP contribution in [-0.4, -0.2) is 15.9 Å². The summed E-state index contributed by atoms with van der Waals surface area (Å²) in [5.41, 5.74) is 2.49. The Bertz CT molecular complexity index is 704. The second-order valence-corrected chi connectivity index (χ2v) is 7.19. The van der Waals surface area contributed by atoms with Crippen LogP contribution in [-0.2, 0) is 21.3 Å². The summed E-state index contributed by atoms with van der Waals surface area (Å²) in [5.74, 6) is -0.571. The summed E-state index contributed by atoms with van der Waals surface area (Å²) < 4.78 is 25.6. The Hall–Kier alpha value is -1.53. The number of halogens is 2. The lowest BCUT2D eigenvalue weighted by atomic mass is 10.2. The van der Waals surface area contributed by atoms with E-state index in [2.05, 4.69) is 21.2 Å². The molecule has 0 spiro atoms. The number of rotatable bonds is 5. The number of anilines is 1. The number of hydrogen-bond acceptors (Lipinski definition) is 2. The van der Waals surface area contributed by atoms with Crippen molar-refractivity contribution < 1.29 is 13.4 Å². The summed E-state index contributed by atoms with van der Waals surface area (Å²) >= 11 is 3.23. The van der Waals surface area contributed by atoms with Crippen LogP contribution in [0.15, 0.2) is 46.9 Å². The van der Waals surface area contributed by atoms with Crippen LogP contribution in [0.2, 0.25) is 0 Å². The first kappa shape index (κ1) is 16.8. The van der Waals surface area contributed by atoms with Crippen molar-refractivity contribution in [1.82, 2.24) is 0 Å². The highest BCUT2D eigenvalue weighted by Gasteiger charge is 2.11. The molecule has 0 saturated carbocycles. The Labute approximate surface area is 139 Å². The molecule has 1 atom stereocenters. The molecular formula is C16H15BrFNO2S. The van der Waals surface area contributed by atoms with Gasteiger partial charge in [-0.1, -0.05) is 39.7 Å². The van der Waals surface area contributed by atoms with E-state index in [0.717, 1.165) is 5.56 Å². The second kappa shape index (κ2) is 7.65. The Morgan fingerprint density at radius 2 is 1.91 bits per heavy atom. The van der Waals surface area contributed by atoms with Gasteiger partial charge in [0, 0.05) is 21.0 Å². The van der Waals surface area contributed by atoms with Crippen LogP contribution in [0.1, 0.15) is 11.1 Å². The van der Waals surface area contributed by atoms with Gasteiger partial charge in [-0.15, -0.1) is 0 Å². The van der Waals surface area contributed by atoms with Crippen molar-refractivity contribution in [2.45, 2.75) is 12.7 Å². The van der Waals surface area contributed by atoms with Crippen molar-refractivity contribution >= 4 is 38.3 Å². The molecule has 0 fully saturated rings. The molecule has 2 aromatic carbocycles. The van der Waals surface area contributed by atoms with E-state index in [1.807, 2.05) is 19.1 Å². The van der Waals surface area contributed by atoms with Crippen molar-refractivity contribution in [3.8, 4) is 0 Å². The van der Waals surface area contributed by atoms with Gasteiger partial charge in [-0.05, 0) is 36.8 Å². The number of nitrogens with one attached hydrogen (secondary N) is 1. The summed E-state index contributed by atoms with van der Waals surface area (Å²) in [6, 6.07) is 11.6. The topological polar surface area (TPSA) is 46.2 Å². The number of amides is 1. The van der Waals surface area contributed by atoms with E-state index in [9.17, 15) is 13.4 Å². The maximum absolute atomic E-state index is 13.0. The van der Waals surface area contributed by atoms with Crippen molar-refractivity contribution in [2.75, 3.05) is 11.1 Å². The number of aryl methyl sites for hydroxylation is 1. The zero-order valence-corrected chi connectivity index (χ0v) is 14.3. The van der Waals surface area contributed by atoms with Gasteiger partial charge in [-0.25, -0.2) is 4.39 Å². The van der Waals surface area contributed by atoms with E-state index >= 15 is 0 Å². The van der Waals surface area contributed by atoms with Crippen molar-refractivity contribution in [3.05, 3.63) is 63.9 Å². The van der Waals surface area contributed by atoms with E-state index in [1.165, 1.54) is 12.1 Å². The third-order valence-corrected chi connectivity index (χ3v) is 4.91. The van der Waals surface area contributed by atoms with Crippen molar-refractivity contribution in [2.24, 2.45) is 0 Å². The third-order valence-electron chi connectivity index (χ3n) is 2.96. The van der Waals surface area contributed by atoms with E-state index in [-0.39, 0.29) is 23.2 Å². The average molecular weight is 384 g/mol. The highest BCUT2D eigenvalue weighted by atomic mass is 79.9. The minimum absolute atomic E-state index is 0.0995. The molecular weight excluding hydrogens is 369 g/mol. The van der Waals surface area contributed by atoms with Gasteiger partial charge >= 0.3 is 0 Å². The Kier molecular flexibility index (Phi) is 5.85. The largest absolute Gasteiger partial charge is 0.325 e. The highest BCUT2D eigenvalue weighted by molar-refractivity contribution is 9.10. The van der Waals surface area contributed by atoms with Crippen LogP contribution < -0.4 is 5.32 Å². The molecule has 2 rings (SSSR count). The van der Waals surface area contributed by atoms with Gasteiger partial charge in [-0.2, -0.15) is 0 Å². The third kappa shape index (κ3) is 5.03. The minimum atomic E-state index is -1.36. The van der Waals surface area contributed by atoms with Crippen LogP contribution in [0, 0.1) is 12.7 Å². The van der Waals surface area contributed by atoms with Crippen LogP contribution in [0.5, 0.6) is 0 Å². The number of benzene rings is 2. The number of carbonyl (C=O) groups excluding carboxylic acids is 1.